The molecule has 0 aromatic carbocycles. The molecule has 0 fully saturated rings. The van der Waals surface area contributed by atoms with E-state index in [4.69, 9.17) is 0 Å². The zero-order valence-corrected chi connectivity index (χ0v) is 8.94. The molecule has 0 unspecified atom stereocenters. The monoisotopic (exact) mass is 198 g/mol. The molecule has 1 aromatic rings. The van der Waals surface area contributed by atoms with Crippen molar-refractivity contribution in [2.75, 3.05) is 18.9 Å². The minimum atomic E-state index is -0.0515. The molecule has 0 aliphatic carbocycles. The van der Waals surface area contributed by atoms with Gasteiger partial charge in [-0.3, -0.25) is 5.32 Å². The van der Waals surface area contributed by atoms with Gasteiger partial charge in [-0.05, 0) is 26.0 Å². The molecular formula is C9H14N2OS. The van der Waals surface area contributed by atoms with Crippen LogP contribution in [0.1, 0.15) is 11.8 Å². The molecule has 3 nitrogen and oxygen atoms in total. The maximum absolute atomic E-state index is 11.4. The second-order valence-corrected chi connectivity index (χ2v) is 4.14. The van der Waals surface area contributed by atoms with Gasteiger partial charge in [0.1, 0.15) is 0 Å². The fraction of sp³-hybridized carbons (Fsp3) is 0.444. The highest BCUT2D eigenvalue weighted by atomic mass is 32.1. The van der Waals surface area contributed by atoms with Crippen molar-refractivity contribution in [2.24, 2.45) is 0 Å². The molecule has 0 aliphatic rings. The van der Waals surface area contributed by atoms with Crippen LogP contribution in [0.4, 0.5) is 9.80 Å². The summed E-state index contributed by atoms with van der Waals surface area (Å²) in [5.74, 6) is 0. The van der Waals surface area contributed by atoms with E-state index in [-0.39, 0.29) is 6.03 Å². The van der Waals surface area contributed by atoms with E-state index in [9.17, 15) is 4.79 Å². The molecule has 2 amide bonds. The lowest BCUT2D eigenvalue weighted by Gasteiger charge is -2.14. The van der Waals surface area contributed by atoms with Gasteiger partial charge in [0.25, 0.3) is 0 Å². The highest BCUT2D eigenvalue weighted by Gasteiger charge is 2.06. The smallest absolute Gasteiger partial charge is 0.322 e. The Morgan fingerprint density at radius 2 is 2.31 bits per heavy atom. The van der Waals surface area contributed by atoms with E-state index in [1.165, 1.54) is 4.88 Å². The van der Waals surface area contributed by atoms with Crippen LogP contribution in [-0.2, 0) is 0 Å². The molecule has 1 aromatic heterocycles. The molecule has 13 heavy (non-hydrogen) atoms. The number of thiophene rings is 1. The Morgan fingerprint density at radius 1 is 1.62 bits per heavy atom. The fourth-order valence-corrected chi connectivity index (χ4v) is 1.60. The summed E-state index contributed by atoms with van der Waals surface area (Å²) >= 11 is 1.59. The third-order valence-electron chi connectivity index (χ3n) is 1.79. The minimum absolute atomic E-state index is 0.0515. The van der Waals surface area contributed by atoms with Gasteiger partial charge >= 0.3 is 6.03 Å². The first-order chi connectivity index (χ1) is 6.13. The van der Waals surface area contributed by atoms with E-state index in [0.717, 1.165) is 11.5 Å². The predicted octanol–water partition coefficient (Wildman–Crippen LogP) is 2.54. The molecule has 4 heteroatoms. The van der Waals surface area contributed by atoms with E-state index < -0.39 is 0 Å². The minimum Gasteiger partial charge on any atom is -0.328 e. The summed E-state index contributed by atoms with van der Waals surface area (Å²) in [6.07, 6.45) is 0. The lowest BCUT2D eigenvalue weighted by Crippen LogP contribution is -2.30. The number of carbonyl (C=O) groups is 1. The normalized spacial score (nSPS) is 9.77. The SMILES string of the molecule is CCN(C)C(=O)Nc1ccc(C)s1. The lowest BCUT2D eigenvalue weighted by molar-refractivity contribution is 0.225. The number of rotatable bonds is 2. The van der Waals surface area contributed by atoms with Crippen LogP contribution < -0.4 is 5.32 Å². The molecule has 1 rings (SSSR count). The zero-order valence-electron chi connectivity index (χ0n) is 8.13. The van der Waals surface area contributed by atoms with Gasteiger partial charge in [-0.1, -0.05) is 0 Å². The summed E-state index contributed by atoms with van der Waals surface area (Å²) in [4.78, 5) is 14.2. The first kappa shape index (κ1) is 10.1. The lowest BCUT2D eigenvalue weighted by atomic mass is 10.5. The fourth-order valence-electron chi connectivity index (χ4n) is 0.846. The van der Waals surface area contributed by atoms with Gasteiger partial charge in [-0.15, -0.1) is 11.3 Å². The Kier molecular flexibility index (Phi) is 3.31. The highest BCUT2D eigenvalue weighted by molar-refractivity contribution is 7.16. The summed E-state index contributed by atoms with van der Waals surface area (Å²) in [6, 6.07) is 3.86. The summed E-state index contributed by atoms with van der Waals surface area (Å²) in [5.41, 5.74) is 0. The van der Waals surface area contributed by atoms with Gasteiger partial charge in [-0.2, -0.15) is 0 Å². The second-order valence-electron chi connectivity index (χ2n) is 2.85. The van der Waals surface area contributed by atoms with Crippen LogP contribution in [-0.4, -0.2) is 24.5 Å². The Bertz CT molecular complexity index is 296. The number of nitrogens with one attached hydrogen (secondary N) is 1. The Labute approximate surface area is 82.4 Å². The first-order valence-electron chi connectivity index (χ1n) is 4.22. The van der Waals surface area contributed by atoms with Crippen LogP contribution in [0.25, 0.3) is 0 Å². The van der Waals surface area contributed by atoms with Crippen molar-refractivity contribution in [1.29, 1.82) is 0 Å². The van der Waals surface area contributed by atoms with Crippen LogP contribution in [0.3, 0.4) is 0 Å². The average Bonchev–Trinajstić information content (AvgIpc) is 2.49. The maximum Gasteiger partial charge on any atom is 0.322 e. The number of nitrogens with zero attached hydrogens (tertiary/aromatic N) is 1. The van der Waals surface area contributed by atoms with Crippen LogP contribution in [0.5, 0.6) is 0 Å². The summed E-state index contributed by atoms with van der Waals surface area (Å²) in [5, 5.41) is 3.72. The average molecular weight is 198 g/mol. The molecule has 0 bridgehead atoms. The largest absolute Gasteiger partial charge is 0.328 e. The van der Waals surface area contributed by atoms with Gasteiger partial charge in [-0.25, -0.2) is 4.79 Å². The molecule has 1 N–H and O–H groups in total. The van der Waals surface area contributed by atoms with Crippen LogP contribution in [0.15, 0.2) is 12.1 Å². The summed E-state index contributed by atoms with van der Waals surface area (Å²) < 4.78 is 0. The molecule has 72 valence electrons. The highest BCUT2D eigenvalue weighted by Crippen LogP contribution is 2.20. The second kappa shape index (κ2) is 4.28. The van der Waals surface area contributed by atoms with Crippen molar-refractivity contribution in [3.05, 3.63) is 17.0 Å². The van der Waals surface area contributed by atoms with E-state index in [1.54, 1.807) is 23.3 Å². The number of aryl methyl sites for hydroxylation is 1. The van der Waals surface area contributed by atoms with E-state index >= 15 is 0 Å². The van der Waals surface area contributed by atoms with E-state index in [2.05, 4.69) is 5.32 Å². The number of carbonyl (C=O) groups excluding carboxylic acids is 1. The van der Waals surface area contributed by atoms with E-state index in [0.29, 0.717) is 0 Å². The number of hydrogen-bond acceptors (Lipinski definition) is 2. The van der Waals surface area contributed by atoms with Crippen molar-refractivity contribution in [3.8, 4) is 0 Å². The van der Waals surface area contributed by atoms with Crippen LogP contribution in [0.2, 0.25) is 0 Å². The first-order valence-corrected chi connectivity index (χ1v) is 5.03. The Morgan fingerprint density at radius 3 is 2.77 bits per heavy atom. The maximum atomic E-state index is 11.4. The number of urea groups is 1. The molecule has 1 heterocycles. The van der Waals surface area contributed by atoms with Gasteiger partial charge in [0.05, 0.1) is 5.00 Å². The standard InChI is InChI=1S/C9H14N2OS/c1-4-11(3)9(12)10-8-6-5-7(2)13-8/h5-6H,4H2,1-3H3,(H,10,12). The van der Waals surface area contributed by atoms with Gasteiger partial charge in [0.15, 0.2) is 0 Å². The van der Waals surface area contributed by atoms with Gasteiger partial charge in [0, 0.05) is 18.5 Å². The van der Waals surface area contributed by atoms with Gasteiger partial charge in [0.2, 0.25) is 0 Å². The zero-order chi connectivity index (χ0) is 9.84. The van der Waals surface area contributed by atoms with Crippen molar-refractivity contribution in [2.45, 2.75) is 13.8 Å². The molecule has 0 saturated heterocycles. The van der Waals surface area contributed by atoms with Crippen molar-refractivity contribution in [1.82, 2.24) is 4.90 Å². The summed E-state index contributed by atoms with van der Waals surface area (Å²) in [7, 11) is 1.77. The third kappa shape index (κ3) is 2.73. The molecule has 0 radical (unpaired) electrons. The van der Waals surface area contributed by atoms with Crippen molar-refractivity contribution < 1.29 is 4.79 Å². The Balaban J connectivity index is 2.54. The molecule has 0 atom stereocenters. The van der Waals surface area contributed by atoms with Crippen molar-refractivity contribution >= 4 is 22.4 Å². The Hall–Kier alpha value is -1.03. The number of anilines is 1. The third-order valence-corrected chi connectivity index (χ3v) is 2.71. The van der Waals surface area contributed by atoms with Gasteiger partial charge < -0.3 is 4.90 Å². The molecule has 0 saturated carbocycles. The topological polar surface area (TPSA) is 32.3 Å². The molecular weight excluding hydrogens is 184 g/mol. The van der Waals surface area contributed by atoms with Crippen LogP contribution >= 0.6 is 11.3 Å². The predicted molar refractivity (Wildman–Crippen MR) is 56.4 cm³/mol. The molecule has 0 aliphatic heterocycles. The number of amides is 2. The quantitative estimate of drug-likeness (QED) is 0.778. The van der Waals surface area contributed by atoms with Crippen molar-refractivity contribution in [3.63, 3.8) is 0 Å². The van der Waals surface area contributed by atoms with E-state index in [1.807, 2.05) is 26.0 Å². The number of hydrogen-bond donors (Lipinski definition) is 1. The molecule has 0 spiro atoms. The summed E-state index contributed by atoms with van der Waals surface area (Å²) in [6.45, 7) is 4.68. The van der Waals surface area contributed by atoms with Crippen LogP contribution in [0, 0.1) is 6.92 Å².